The molecule has 6 heteroatoms. The molecule has 0 radical (unpaired) electrons. The second-order valence-corrected chi connectivity index (χ2v) is 8.43. The number of nitrogens with one attached hydrogen (secondary N) is 1. The van der Waals surface area contributed by atoms with Gasteiger partial charge in [-0.3, -0.25) is 4.90 Å². The third kappa shape index (κ3) is 3.28. The highest BCUT2D eigenvalue weighted by Gasteiger charge is 2.23. The van der Waals surface area contributed by atoms with Gasteiger partial charge in [-0.05, 0) is 30.2 Å². The molecule has 1 aromatic heterocycles. The van der Waals surface area contributed by atoms with E-state index in [1.54, 1.807) is 30.5 Å². The van der Waals surface area contributed by atoms with E-state index in [2.05, 4.69) is 9.88 Å². The molecule has 1 saturated heterocycles. The predicted molar refractivity (Wildman–Crippen MR) is 101 cm³/mol. The van der Waals surface area contributed by atoms with Crippen LogP contribution in [0, 0.1) is 0 Å². The van der Waals surface area contributed by atoms with E-state index in [1.807, 2.05) is 24.3 Å². The Labute approximate surface area is 153 Å². The summed E-state index contributed by atoms with van der Waals surface area (Å²) in [7, 11) is -3.55. The lowest BCUT2D eigenvalue weighted by atomic mass is 10.1. The number of nitrogens with zero attached hydrogens (tertiary/aromatic N) is 1. The molecule has 3 aromatic rings. The van der Waals surface area contributed by atoms with Crippen molar-refractivity contribution in [3.05, 3.63) is 60.3 Å². The molecular weight excluding hydrogens is 348 g/mol. The number of aromatic nitrogens is 1. The molecule has 0 saturated carbocycles. The fraction of sp³-hybridized carbons (Fsp3) is 0.300. The minimum atomic E-state index is -3.55. The van der Waals surface area contributed by atoms with Crippen molar-refractivity contribution < 1.29 is 13.2 Å². The van der Waals surface area contributed by atoms with Crippen LogP contribution >= 0.6 is 0 Å². The molecule has 1 N–H and O–H groups in total. The molecule has 1 aliphatic heterocycles. The summed E-state index contributed by atoms with van der Waals surface area (Å²) >= 11 is 0. The SMILES string of the molecule is O=S(=O)(c1ccccc1)c1c[nH]c2cccc(CCN3CCOCC3)c12. The van der Waals surface area contributed by atoms with E-state index in [9.17, 15) is 8.42 Å². The van der Waals surface area contributed by atoms with Crippen molar-refractivity contribution in [2.75, 3.05) is 32.8 Å². The fourth-order valence-electron chi connectivity index (χ4n) is 3.48. The Hall–Kier alpha value is -2.15. The molecule has 1 fully saturated rings. The molecule has 0 bridgehead atoms. The first-order valence-corrected chi connectivity index (χ1v) is 10.3. The highest BCUT2D eigenvalue weighted by Crippen LogP contribution is 2.31. The largest absolute Gasteiger partial charge is 0.379 e. The maximum Gasteiger partial charge on any atom is 0.208 e. The molecule has 4 rings (SSSR count). The van der Waals surface area contributed by atoms with Crippen LogP contribution in [-0.2, 0) is 21.0 Å². The lowest BCUT2D eigenvalue weighted by molar-refractivity contribution is 0.0385. The zero-order chi connectivity index (χ0) is 18.0. The molecule has 136 valence electrons. The molecule has 1 aliphatic rings. The Bertz CT molecular complexity index is 990. The normalized spacial score (nSPS) is 16.2. The molecule has 0 aliphatic carbocycles. The van der Waals surface area contributed by atoms with E-state index in [0.29, 0.717) is 9.79 Å². The third-order valence-corrected chi connectivity index (χ3v) is 6.69. The van der Waals surface area contributed by atoms with Crippen molar-refractivity contribution in [3.63, 3.8) is 0 Å². The van der Waals surface area contributed by atoms with Gasteiger partial charge in [0.2, 0.25) is 9.84 Å². The summed E-state index contributed by atoms with van der Waals surface area (Å²) in [6.07, 6.45) is 2.43. The van der Waals surface area contributed by atoms with E-state index in [1.165, 1.54) is 0 Å². The first-order chi connectivity index (χ1) is 12.7. The number of fused-ring (bicyclic) bond motifs is 1. The van der Waals surface area contributed by atoms with Crippen molar-refractivity contribution in [1.29, 1.82) is 0 Å². The number of aromatic amines is 1. The van der Waals surface area contributed by atoms with Gasteiger partial charge in [0.1, 0.15) is 0 Å². The summed E-state index contributed by atoms with van der Waals surface area (Å²) in [5.74, 6) is 0. The van der Waals surface area contributed by atoms with Gasteiger partial charge in [0.25, 0.3) is 0 Å². The van der Waals surface area contributed by atoms with Crippen molar-refractivity contribution in [2.45, 2.75) is 16.2 Å². The number of rotatable bonds is 5. The van der Waals surface area contributed by atoms with Crippen LogP contribution in [0.1, 0.15) is 5.56 Å². The summed E-state index contributed by atoms with van der Waals surface area (Å²) in [4.78, 5) is 6.17. The van der Waals surface area contributed by atoms with Gasteiger partial charge in [0.15, 0.2) is 0 Å². The van der Waals surface area contributed by atoms with Crippen LogP contribution < -0.4 is 0 Å². The van der Waals surface area contributed by atoms with Crippen LogP contribution in [0.4, 0.5) is 0 Å². The summed E-state index contributed by atoms with van der Waals surface area (Å²) in [5.41, 5.74) is 1.92. The highest BCUT2D eigenvalue weighted by molar-refractivity contribution is 7.91. The first-order valence-electron chi connectivity index (χ1n) is 8.85. The van der Waals surface area contributed by atoms with Crippen LogP contribution in [0.5, 0.6) is 0 Å². The van der Waals surface area contributed by atoms with Crippen molar-refractivity contribution in [2.24, 2.45) is 0 Å². The van der Waals surface area contributed by atoms with Gasteiger partial charge in [-0.25, -0.2) is 8.42 Å². The summed E-state index contributed by atoms with van der Waals surface area (Å²) in [6.45, 7) is 4.29. The molecule has 0 atom stereocenters. The molecule has 0 amide bonds. The maximum atomic E-state index is 13.1. The molecule has 26 heavy (non-hydrogen) atoms. The standard InChI is InChI=1S/C20H22N2O3S/c23-26(24,17-6-2-1-3-7-17)19-15-21-18-8-4-5-16(20(18)19)9-10-22-11-13-25-14-12-22/h1-8,15,21H,9-14H2. The van der Waals surface area contributed by atoms with E-state index < -0.39 is 9.84 Å². The number of morpholine rings is 1. The van der Waals surface area contributed by atoms with Crippen LogP contribution in [0.25, 0.3) is 10.9 Å². The number of sulfone groups is 1. The van der Waals surface area contributed by atoms with E-state index >= 15 is 0 Å². The first kappa shape index (κ1) is 17.3. The average molecular weight is 370 g/mol. The Balaban J connectivity index is 1.70. The van der Waals surface area contributed by atoms with Crippen LogP contribution in [-0.4, -0.2) is 51.1 Å². The van der Waals surface area contributed by atoms with Gasteiger partial charge in [-0.15, -0.1) is 0 Å². The number of hydrogen-bond donors (Lipinski definition) is 1. The van der Waals surface area contributed by atoms with Crippen molar-refractivity contribution in [1.82, 2.24) is 9.88 Å². The zero-order valence-corrected chi connectivity index (χ0v) is 15.3. The summed E-state index contributed by atoms with van der Waals surface area (Å²) in [6, 6.07) is 14.5. The Morgan fingerprint density at radius 1 is 1.00 bits per heavy atom. The monoisotopic (exact) mass is 370 g/mol. The van der Waals surface area contributed by atoms with E-state index in [0.717, 1.165) is 55.7 Å². The second-order valence-electron chi connectivity index (χ2n) is 6.51. The van der Waals surface area contributed by atoms with E-state index in [-0.39, 0.29) is 0 Å². The Kier molecular flexibility index (Phi) is 4.80. The third-order valence-electron chi connectivity index (χ3n) is 4.90. The number of hydrogen-bond acceptors (Lipinski definition) is 4. The van der Waals surface area contributed by atoms with Gasteiger partial charge in [-0.2, -0.15) is 0 Å². The quantitative estimate of drug-likeness (QED) is 0.750. The predicted octanol–water partition coefficient (Wildman–Crippen LogP) is 2.88. The van der Waals surface area contributed by atoms with Gasteiger partial charge in [-0.1, -0.05) is 30.3 Å². The van der Waals surface area contributed by atoms with Crippen LogP contribution in [0.15, 0.2) is 64.5 Å². The van der Waals surface area contributed by atoms with Gasteiger partial charge in [0, 0.05) is 36.7 Å². The van der Waals surface area contributed by atoms with Gasteiger partial charge < -0.3 is 9.72 Å². The number of ether oxygens (including phenoxy) is 1. The summed E-state index contributed by atoms with van der Waals surface area (Å²) in [5, 5.41) is 0.810. The zero-order valence-electron chi connectivity index (χ0n) is 14.5. The highest BCUT2D eigenvalue weighted by atomic mass is 32.2. The topological polar surface area (TPSA) is 62.4 Å². The minimum Gasteiger partial charge on any atom is -0.379 e. The fourth-order valence-corrected chi connectivity index (χ4v) is 4.97. The molecule has 5 nitrogen and oxygen atoms in total. The molecule has 2 aromatic carbocycles. The van der Waals surface area contributed by atoms with Crippen LogP contribution in [0.3, 0.4) is 0 Å². The Morgan fingerprint density at radius 3 is 2.54 bits per heavy atom. The smallest absolute Gasteiger partial charge is 0.208 e. The van der Waals surface area contributed by atoms with Gasteiger partial charge in [0.05, 0.1) is 23.0 Å². The van der Waals surface area contributed by atoms with Gasteiger partial charge >= 0.3 is 0 Å². The minimum absolute atomic E-state index is 0.323. The average Bonchev–Trinajstić information content (AvgIpc) is 3.13. The molecule has 0 unspecified atom stereocenters. The number of H-pyrrole nitrogens is 1. The number of benzene rings is 2. The van der Waals surface area contributed by atoms with E-state index in [4.69, 9.17) is 4.74 Å². The summed E-state index contributed by atoms with van der Waals surface area (Å²) < 4.78 is 31.6. The molecule has 0 spiro atoms. The van der Waals surface area contributed by atoms with Crippen LogP contribution in [0.2, 0.25) is 0 Å². The second kappa shape index (κ2) is 7.23. The molecular formula is C20H22N2O3S. The lowest BCUT2D eigenvalue weighted by Gasteiger charge is -2.26. The Morgan fingerprint density at radius 2 is 1.77 bits per heavy atom. The molecule has 2 heterocycles. The van der Waals surface area contributed by atoms with Crippen molar-refractivity contribution in [3.8, 4) is 0 Å². The lowest BCUT2D eigenvalue weighted by Crippen LogP contribution is -2.37. The van der Waals surface area contributed by atoms with Crippen molar-refractivity contribution >= 4 is 20.7 Å². The maximum absolute atomic E-state index is 13.1.